The van der Waals surface area contributed by atoms with Crippen LogP contribution < -0.4 is 10.6 Å². The molecular weight excluding hydrogens is 344 g/mol. The fourth-order valence-electron chi connectivity index (χ4n) is 2.52. The summed E-state index contributed by atoms with van der Waals surface area (Å²) in [6.07, 6.45) is -0.567. The number of para-hydroxylation sites is 2. The van der Waals surface area contributed by atoms with Crippen LogP contribution in [0, 0.1) is 0 Å². The average molecular weight is 366 g/mol. The summed E-state index contributed by atoms with van der Waals surface area (Å²) >= 11 is 0. The minimum absolute atomic E-state index is 0.261. The van der Waals surface area contributed by atoms with E-state index >= 15 is 0 Å². The van der Waals surface area contributed by atoms with Gasteiger partial charge in [0.25, 0.3) is 5.91 Å². The average Bonchev–Trinajstić information content (AvgIpc) is 3.01. The van der Waals surface area contributed by atoms with Crippen molar-refractivity contribution in [1.29, 1.82) is 0 Å². The Morgan fingerprint density at radius 1 is 1.11 bits per heavy atom. The van der Waals surface area contributed by atoms with Crippen LogP contribution in [0.3, 0.4) is 0 Å². The fourth-order valence-corrected chi connectivity index (χ4v) is 2.52. The van der Waals surface area contributed by atoms with E-state index in [-0.39, 0.29) is 12.5 Å². The van der Waals surface area contributed by atoms with Gasteiger partial charge in [0, 0.05) is 11.3 Å². The Balaban J connectivity index is 1.62. The Bertz CT molecular complexity index is 940. The standard InChI is InChI=1S/C20H22N4O3/c1-20(2,3)27-19(26)22-14-8-6-7-13(11-14)18(25)21-12-17-23-15-9-4-5-10-16(15)24-17/h4-11H,12H2,1-3H3,(H,21,25)(H,22,26)(H,23,24). The third-order valence-electron chi connectivity index (χ3n) is 3.62. The summed E-state index contributed by atoms with van der Waals surface area (Å²) in [5, 5.41) is 5.44. The molecule has 0 aliphatic rings. The molecule has 0 saturated carbocycles. The monoisotopic (exact) mass is 366 g/mol. The van der Waals surface area contributed by atoms with Crippen molar-refractivity contribution in [2.75, 3.05) is 5.32 Å². The summed E-state index contributed by atoms with van der Waals surface area (Å²) < 4.78 is 5.21. The summed E-state index contributed by atoms with van der Waals surface area (Å²) in [5.74, 6) is 0.413. The molecule has 1 heterocycles. The van der Waals surface area contributed by atoms with Crippen LogP contribution in [-0.2, 0) is 11.3 Å². The normalized spacial score (nSPS) is 11.2. The van der Waals surface area contributed by atoms with Gasteiger partial charge in [0.2, 0.25) is 0 Å². The summed E-state index contributed by atoms with van der Waals surface area (Å²) in [5.41, 5.74) is 2.10. The highest BCUT2D eigenvalue weighted by Crippen LogP contribution is 2.14. The van der Waals surface area contributed by atoms with Gasteiger partial charge in [0.1, 0.15) is 11.4 Å². The molecule has 7 nitrogen and oxygen atoms in total. The lowest BCUT2D eigenvalue weighted by Crippen LogP contribution is -2.27. The molecular formula is C20H22N4O3. The van der Waals surface area contributed by atoms with E-state index in [9.17, 15) is 9.59 Å². The molecule has 1 aromatic heterocycles. The molecule has 140 valence electrons. The number of carbonyl (C=O) groups excluding carboxylic acids is 2. The van der Waals surface area contributed by atoms with E-state index in [1.165, 1.54) is 0 Å². The van der Waals surface area contributed by atoms with E-state index in [1.54, 1.807) is 45.0 Å². The molecule has 2 aromatic carbocycles. The van der Waals surface area contributed by atoms with E-state index in [0.29, 0.717) is 17.1 Å². The van der Waals surface area contributed by atoms with Gasteiger partial charge in [-0.3, -0.25) is 10.1 Å². The van der Waals surface area contributed by atoms with Gasteiger partial charge in [-0.15, -0.1) is 0 Å². The molecule has 0 radical (unpaired) electrons. The Labute approximate surface area is 157 Å². The predicted molar refractivity (Wildman–Crippen MR) is 104 cm³/mol. The van der Waals surface area contributed by atoms with Gasteiger partial charge in [0.15, 0.2) is 0 Å². The molecule has 0 bridgehead atoms. The quantitative estimate of drug-likeness (QED) is 0.654. The number of hydrogen-bond donors (Lipinski definition) is 3. The van der Waals surface area contributed by atoms with E-state index in [4.69, 9.17) is 4.74 Å². The zero-order chi connectivity index (χ0) is 19.4. The molecule has 0 aliphatic carbocycles. The largest absolute Gasteiger partial charge is 0.444 e. The maximum atomic E-state index is 12.4. The Kier molecular flexibility index (Phi) is 5.12. The van der Waals surface area contributed by atoms with Crippen molar-refractivity contribution in [3.63, 3.8) is 0 Å². The van der Waals surface area contributed by atoms with Crippen LogP contribution in [-0.4, -0.2) is 27.6 Å². The van der Waals surface area contributed by atoms with Gasteiger partial charge in [-0.1, -0.05) is 18.2 Å². The minimum Gasteiger partial charge on any atom is -0.444 e. The molecule has 0 aliphatic heterocycles. The number of hydrogen-bond acceptors (Lipinski definition) is 4. The van der Waals surface area contributed by atoms with Crippen molar-refractivity contribution < 1.29 is 14.3 Å². The lowest BCUT2D eigenvalue weighted by Gasteiger charge is -2.19. The van der Waals surface area contributed by atoms with Gasteiger partial charge in [-0.05, 0) is 51.1 Å². The van der Waals surface area contributed by atoms with Crippen molar-refractivity contribution in [3.8, 4) is 0 Å². The molecule has 3 N–H and O–H groups in total. The molecule has 3 rings (SSSR count). The summed E-state index contributed by atoms with van der Waals surface area (Å²) in [6, 6.07) is 14.3. The van der Waals surface area contributed by atoms with Crippen molar-refractivity contribution >= 4 is 28.7 Å². The molecule has 7 heteroatoms. The number of nitrogens with one attached hydrogen (secondary N) is 3. The topological polar surface area (TPSA) is 96.1 Å². The Hall–Kier alpha value is -3.35. The number of nitrogens with zero attached hydrogens (tertiary/aromatic N) is 1. The Morgan fingerprint density at radius 3 is 2.63 bits per heavy atom. The summed E-state index contributed by atoms with van der Waals surface area (Å²) in [6.45, 7) is 5.63. The van der Waals surface area contributed by atoms with E-state index in [2.05, 4.69) is 20.6 Å². The molecule has 0 fully saturated rings. The van der Waals surface area contributed by atoms with Crippen LogP contribution in [0.4, 0.5) is 10.5 Å². The van der Waals surface area contributed by atoms with Gasteiger partial charge in [0.05, 0.1) is 17.6 Å². The second-order valence-corrected chi connectivity index (χ2v) is 7.09. The van der Waals surface area contributed by atoms with E-state index < -0.39 is 11.7 Å². The first-order valence-corrected chi connectivity index (χ1v) is 8.62. The lowest BCUT2D eigenvalue weighted by atomic mass is 10.2. The van der Waals surface area contributed by atoms with Crippen LogP contribution in [0.5, 0.6) is 0 Å². The highest BCUT2D eigenvalue weighted by Gasteiger charge is 2.16. The first-order chi connectivity index (χ1) is 12.8. The highest BCUT2D eigenvalue weighted by molar-refractivity contribution is 5.96. The van der Waals surface area contributed by atoms with Gasteiger partial charge >= 0.3 is 6.09 Å². The molecule has 27 heavy (non-hydrogen) atoms. The number of rotatable bonds is 4. The maximum absolute atomic E-state index is 12.4. The first-order valence-electron chi connectivity index (χ1n) is 8.62. The summed E-state index contributed by atoms with van der Waals surface area (Å²) in [4.78, 5) is 31.8. The second-order valence-electron chi connectivity index (χ2n) is 7.09. The number of imidazole rings is 1. The number of aromatic nitrogens is 2. The predicted octanol–water partition coefficient (Wildman–Crippen LogP) is 3.84. The third-order valence-corrected chi connectivity index (χ3v) is 3.62. The zero-order valence-corrected chi connectivity index (χ0v) is 15.5. The smallest absolute Gasteiger partial charge is 0.412 e. The molecule has 0 spiro atoms. The molecule has 0 saturated heterocycles. The van der Waals surface area contributed by atoms with Gasteiger partial charge < -0.3 is 15.0 Å². The van der Waals surface area contributed by atoms with Crippen LogP contribution in [0.1, 0.15) is 37.0 Å². The number of benzene rings is 2. The lowest BCUT2D eigenvalue weighted by molar-refractivity contribution is 0.0635. The number of fused-ring (bicyclic) bond motifs is 1. The SMILES string of the molecule is CC(C)(C)OC(=O)Nc1cccc(C(=O)NCc2nc3ccccc3[nH]2)c1. The molecule has 0 unspecified atom stereocenters. The van der Waals surface area contributed by atoms with Crippen LogP contribution in [0.2, 0.25) is 0 Å². The first kappa shape index (κ1) is 18.4. The summed E-state index contributed by atoms with van der Waals surface area (Å²) in [7, 11) is 0. The zero-order valence-electron chi connectivity index (χ0n) is 15.5. The van der Waals surface area contributed by atoms with Crippen molar-refractivity contribution in [2.45, 2.75) is 32.9 Å². The van der Waals surface area contributed by atoms with E-state index in [0.717, 1.165) is 11.0 Å². The molecule has 3 aromatic rings. The third kappa shape index (κ3) is 5.07. The van der Waals surface area contributed by atoms with Crippen molar-refractivity contribution in [3.05, 3.63) is 59.9 Å². The van der Waals surface area contributed by atoms with Gasteiger partial charge in [-0.25, -0.2) is 9.78 Å². The van der Waals surface area contributed by atoms with E-state index in [1.807, 2.05) is 24.3 Å². The van der Waals surface area contributed by atoms with Gasteiger partial charge in [-0.2, -0.15) is 0 Å². The fraction of sp³-hybridized carbons (Fsp3) is 0.250. The number of amides is 2. The highest BCUT2D eigenvalue weighted by atomic mass is 16.6. The number of carbonyl (C=O) groups is 2. The van der Waals surface area contributed by atoms with Crippen molar-refractivity contribution in [1.82, 2.24) is 15.3 Å². The van der Waals surface area contributed by atoms with Crippen LogP contribution in [0.25, 0.3) is 11.0 Å². The second kappa shape index (κ2) is 7.49. The van der Waals surface area contributed by atoms with Crippen LogP contribution in [0.15, 0.2) is 48.5 Å². The number of H-pyrrole nitrogens is 1. The van der Waals surface area contributed by atoms with Crippen LogP contribution >= 0.6 is 0 Å². The maximum Gasteiger partial charge on any atom is 0.412 e. The molecule has 2 amide bonds. The molecule has 0 atom stereocenters. The minimum atomic E-state index is -0.592. The number of ether oxygens (including phenoxy) is 1. The Morgan fingerprint density at radius 2 is 1.89 bits per heavy atom. The number of anilines is 1. The van der Waals surface area contributed by atoms with Crippen molar-refractivity contribution in [2.24, 2.45) is 0 Å². The number of aromatic amines is 1.